The number of nitrogens with one attached hydrogen (secondary N) is 2. The highest BCUT2D eigenvalue weighted by Crippen LogP contribution is 2.16. The molecular weight excluding hydrogens is 304 g/mol. The predicted octanol–water partition coefficient (Wildman–Crippen LogP) is 4.54. The van der Waals surface area contributed by atoms with Gasteiger partial charge in [0.1, 0.15) is 0 Å². The van der Waals surface area contributed by atoms with Crippen LogP contribution in [-0.4, -0.2) is 5.91 Å². The van der Waals surface area contributed by atoms with Gasteiger partial charge in [0.25, 0.3) is 0 Å². The number of thiophene rings is 1. The van der Waals surface area contributed by atoms with Crippen LogP contribution < -0.4 is 10.6 Å². The third-order valence-corrected chi connectivity index (χ3v) is 4.30. The van der Waals surface area contributed by atoms with Crippen LogP contribution in [0.25, 0.3) is 0 Å². The van der Waals surface area contributed by atoms with Crippen molar-refractivity contribution in [3.63, 3.8) is 0 Å². The maximum Gasteiger partial charge on any atom is 0.229 e. The number of hydrogen-bond donors (Lipinski definition) is 2. The smallest absolute Gasteiger partial charge is 0.229 e. The van der Waals surface area contributed by atoms with Crippen LogP contribution in [0.2, 0.25) is 0 Å². The van der Waals surface area contributed by atoms with Crippen molar-refractivity contribution in [2.45, 2.75) is 13.0 Å². The second-order valence-corrected chi connectivity index (χ2v) is 6.25. The normalized spacial score (nSPS) is 10.3. The number of rotatable bonds is 6. The van der Waals surface area contributed by atoms with Gasteiger partial charge in [-0.25, -0.2) is 0 Å². The van der Waals surface area contributed by atoms with E-state index in [0.29, 0.717) is 6.42 Å². The minimum Gasteiger partial charge on any atom is -0.381 e. The first-order valence-electron chi connectivity index (χ1n) is 7.50. The Balaban J connectivity index is 1.51. The Labute approximate surface area is 140 Å². The van der Waals surface area contributed by atoms with Crippen LogP contribution in [-0.2, 0) is 17.8 Å². The van der Waals surface area contributed by atoms with Crippen LogP contribution in [0, 0.1) is 0 Å². The summed E-state index contributed by atoms with van der Waals surface area (Å²) in [5.74, 6) is 0.0115. The van der Waals surface area contributed by atoms with Gasteiger partial charge in [-0.15, -0.1) is 11.3 Å². The van der Waals surface area contributed by atoms with Gasteiger partial charge in [0.2, 0.25) is 5.91 Å². The molecular formula is C19H18N2OS. The molecule has 1 heterocycles. The zero-order valence-corrected chi connectivity index (χ0v) is 13.5. The van der Waals surface area contributed by atoms with Crippen molar-refractivity contribution in [3.05, 3.63) is 82.6 Å². The molecule has 3 rings (SSSR count). The minimum absolute atomic E-state index is 0.0115. The Bertz CT molecular complexity index is 737. The molecule has 0 saturated carbocycles. The maximum atomic E-state index is 12.0. The van der Waals surface area contributed by atoms with Gasteiger partial charge in [-0.3, -0.25) is 4.79 Å². The first kappa shape index (κ1) is 15.3. The third-order valence-electron chi connectivity index (χ3n) is 3.42. The summed E-state index contributed by atoms with van der Waals surface area (Å²) in [7, 11) is 0. The molecule has 2 aromatic carbocycles. The molecule has 0 aliphatic heterocycles. The van der Waals surface area contributed by atoms with Crippen LogP contribution in [0.3, 0.4) is 0 Å². The molecule has 3 aromatic rings. The van der Waals surface area contributed by atoms with E-state index in [9.17, 15) is 4.79 Å². The summed E-state index contributed by atoms with van der Waals surface area (Å²) >= 11 is 1.60. The van der Waals surface area contributed by atoms with E-state index in [4.69, 9.17) is 0 Å². The van der Waals surface area contributed by atoms with Gasteiger partial charge in [0.05, 0.1) is 6.42 Å². The van der Waals surface area contributed by atoms with Gasteiger partial charge in [-0.1, -0.05) is 36.4 Å². The summed E-state index contributed by atoms with van der Waals surface area (Å²) in [6, 6.07) is 22.0. The molecule has 4 heteroatoms. The Morgan fingerprint density at radius 2 is 1.61 bits per heavy atom. The molecule has 2 N–H and O–H groups in total. The van der Waals surface area contributed by atoms with E-state index in [2.05, 4.69) is 22.8 Å². The van der Waals surface area contributed by atoms with E-state index in [0.717, 1.165) is 22.8 Å². The van der Waals surface area contributed by atoms with Crippen LogP contribution in [0.1, 0.15) is 10.4 Å². The summed E-state index contributed by atoms with van der Waals surface area (Å²) in [4.78, 5) is 13.0. The number of carbonyl (C=O) groups is 1. The van der Waals surface area contributed by atoms with E-state index in [1.165, 1.54) is 5.56 Å². The van der Waals surface area contributed by atoms with Crippen LogP contribution in [0.4, 0.5) is 11.4 Å². The van der Waals surface area contributed by atoms with Crippen LogP contribution in [0.15, 0.2) is 72.1 Å². The Morgan fingerprint density at radius 3 is 2.30 bits per heavy atom. The molecule has 116 valence electrons. The van der Waals surface area contributed by atoms with Gasteiger partial charge >= 0.3 is 0 Å². The molecule has 0 aliphatic rings. The van der Waals surface area contributed by atoms with Gasteiger partial charge in [-0.2, -0.15) is 0 Å². The predicted molar refractivity (Wildman–Crippen MR) is 96.9 cm³/mol. The number of amides is 1. The first-order chi connectivity index (χ1) is 11.3. The van der Waals surface area contributed by atoms with Crippen molar-refractivity contribution in [2.24, 2.45) is 0 Å². The zero-order chi connectivity index (χ0) is 15.9. The summed E-state index contributed by atoms with van der Waals surface area (Å²) in [5, 5.41) is 8.27. The number of carbonyl (C=O) groups excluding carboxylic acids is 1. The molecule has 1 aromatic heterocycles. The summed E-state index contributed by atoms with van der Waals surface area (Å²) in [6.45, 7) is 0.783. The molecule has 0 atom stereocenters. The van der Waals surface area contributed by atoms with E-state index in [1.807, 2.05) is 60.0 Å². The fourth-order valence-corrected chi connectivity index (χ4v) is 2.95. The Hall–Kier alpha value is -2.59. The first-order valence-corrected chi connectivity index (χ1v) is 8.38. The highest BCUT2D eigenvalue weighted by molar-refractivity contribution is 7.10. The average molecular weight is 322 g/mol. The van der Waals surface area contributed by atoms with Crippen molar-refractivity contribution in [3.8, 4) is 0 Å². The fraction of sp³-hybridized carbons (Fsp3) is 0.105. The van der Waals surface area contributed by atoms with E-state index >= 15 is 0 Å². The molecule has 3 nitrogen and oxygen atoms in total. The molecule has 0 aliphatic carbocycles. The number of hydrogen-bond acceptors (Lipinski definition) is 3. The molecule has 0 radical (unpaired) electrons. The quantitative estimate of drug-likeness (QED) is 0.699. The van der Waals surface area contributed by atoms with Crippen molar-refractivity contribution < 1.29 is 4.79 Å². The third kappa shape index (κ3) is 4.69. The van der Waals surface area contributed by atoms with Crippen molar-refractivity contribution in [1.82, 2.24) is 0 Å². The van der Waals surface area contributed by atoms with E-state index < -0.39 is 0 Å². The van der Waals surface area contributed by atoms with E-state index in [1.54, 1.807) is 11.3 Å². The number of benzene rings is 2. The summed E-state index contributed by atoms with van der Waals surface area (Å²) < 4.78 is 0. The van der Waals surface area contributed by atoms with Gasteiger partial charge in [-0.05, 0) is 41.3 Å². The SMILES string of the molecule is O=C(Cc1cccs1)Nc1ccc(NCc2ccccc2)cc1. The van der Waals surface area contributed by atoms with Crippen molar-refractivity contribution in [2.75, 3.05) is 10.6 Å². The molecule has 0 saturated heterocycles. The largest absolute Gasteiger partial charge is 0.381 e. The Morgan fingerprint density at radius 1 is 0.870 bits per heavy atom. The van der Waals surface area contributed by atoms with Crippen LogP contribution in [0.5, 0.6) is 0 Å². The standard InChI is InChI=1S/C19H18N2OS/c22-19(13-18-7-4-12-23-18)21-17-10-8-16(9-11-17)20-14-15-5-2-1-3-6-15/h1-12,20H,13-14H2,(H,21,22). The monoisotopic (exact) mass is 322 g/mol. The molecule has 0 bridgehead atoms. The molecule has 0 unspecified atom stereocenters. The van der Waals surface area contributed by atoms with E-state index in [-0.39, 0.29) is 5.91 Å². The lowest BCUT2D eigenvalue weighted by Gasteiger charge is -2.08. The van der Waals surface area contributed by atoms with Gasteiger partial charge in [0, 0.05) is 22.8 Å². The van der Waals surface area contributed by atoms with Crippen molar-refractivity contribution >= 4 is 28.6 Å². The zero-order valence-electron chi connectivity index (χ0n) is 12.7. The molecule has 0 spiro atoms. The second-order valence-electron chi connectivity index (χ2n) is 5.22. The van der Waals surface area contributed by atoms with Gasteiger partial charge in [0.15, 0.2) is 0 Å². The summed E-state index contributed by atoms with van der Waals surface area (Å²) in [5.41, 5.74) is 3.09. The summed E-state index contributed by atoms with van der Waals surface area (Å²) in [6.07, 6.45) is 0.422. The highest BCUT2D eigenvalue weighted by Gasteiger charge is 2.04. The fourth-order valence-electron chi connectivity index (χ4n) is 2.25. The number of anilines is 2. The van der Waals surface area contributed by atoms with Crippen LogP contribution >= 0.6 is 11.3 Å². The Kier molecular flexibility index (Phi) is 5.06. The lowest BCUT2D eigenvalue weighted by Crippen LogP contribution is -2.13. The average Bonchev–Trinajstić information content (AvgIpc) is 3.08. The highest BCUT2D eigenvalue weighted by atomic mass is 32.1. The van der Waals surface area contributed by atoms with Crippen molar-refractivity contribution in [1.29, 1.82) is 0 Å². The lowest BCUT2D eigenvalue weighted by atomic mass is 10.2. The molecule has 0 fully saturated rings. The topological polar surface area (TPSA) is 41.1 Å². The molecule has 1 amide bonds. The second kappa shape index (κ2) is 7.61. The maximum absolute atomic E-state index is 12.0. The van der Waals surface area contributed by atoms with Gasteiger partial charge < -0.3 is 10.6 Å². The minimum atomic E-state index is 0.0115. The molecule has 23 heavy (non-hydrogen) atoms. The lowest BCUT2D eigenvalue weighted by molar-refractivity contribution is -0.115.